The summed E-state index contributed by atoms with van der Waals surface area (Å²) in [5.74, 6) is 0.948. The minimum absolute atomic E-state index is 0.584. The van der Waals surface area contributed by atoms with Crippen molar-refractivity contribution in [3.8, 4) is 5.75 Å². The molecular formula is C13H21NO2. The molecule has 0 unspecified atom stereocenters. The third-order valence-electron chi connectivity index (χ3n) is 2.63. The van der Waals surface area contributed by atoms with Crippen molar-refractivity contribution < 1.29 is 9.47 Å². The lowest BCUT2D eigenvalue weighted by atomic mass is 10.0. The van der Waals surface area contributed by atoms with E-state index in [1.807, 2.05) is 0 Å². The monoisotopic (exact) mass is 223 g/mol. The standard InChI is InChI=1S/C13H21NO2/c1-10-9-13(15-3)11(2)8-12(10)4-6-16-7-5-14/h8-9H,4-7,14H2,1-3H3. The van der Waals surface area contributed by atoms with E-state index in [0.29, 0.717) is 13.2 Å². The van der Waals surface area contributed by atoms with Crippen molar-refractivity contribution in [2.45, 2.75) is 20.3 Å². The Morgan fingerprint density at radius 1 is 1.12 bits per heavy atom. The fourth-order valence-electron chi connectivity index (χ4n) is 1.71. The van der Waals surface area contributed by atoms with Crippen LogP contribution in [0.3, 0.4) is 0 Å². The quantitative estimate of drug-likeness (QED) is 0.748. The molecule has 0 spiro atoms. The van der Waals surface area contributed by atoms with E-state index in [1.54, 1.807) is 7.11 Å². The Labute approximate surface area is 97.6 Å². The Morgan fingerprint density at radius 2 is 1.88 bits per heavy atom. The van der Waals surface area contributed by atoms with E-state index < -0.39 is 0 Å². The molecule has 0 amide bonds. The van der Waals surface area contributed by atoms with Gasteiger partial charge in [-0.25, -0.2) is 0 Å². The van der Waals surface area contributed by atoms with Crippen molar-refractivity contribution in [1.82, 2.24) is 0 Å². The van der Waals surface area contributed by atoms with Gasteiger partial charge in [0, 0.05) is 6.54 Å². The molecule has 0 aliphatic rings. The summed E-state index contributed by atoms with van der Waals surface area (Å²) in [6.07, 6.45) is 0.927. The van der Waals surface area contributed by atoms with Gasteiger partial charge in [0.2, 0.25) is 0 Å². The van der Waals surface area contributed by atoms with Crippen LogP contribution in [0.25, 0.3) is 0 Å². The number of nitrogens with two attached hydrogens (primary N) is 1. The predicted octanol–water partition coefficient (Wildman–Crippen LogP) is 1.83. The highest BCUT2D eigenvalue weighted by atomic mass is 16.5. The predicted molar refractivity (Wildman–Crippen MR) is 66.0 cm³/mol. The Kier molecular flexibility index (Phi) is 5.29. The van der Waals surface area contributed by atoms with E-state index in [-0.39, 0.29) is 0 Å². The minimum Gasteiger partial charge on any atom is -0.496 e. The largest absolute Gasteiger partial charge is 0.496 e. The third kappa shape index (κ3) is 3.51. The van der Waals surface area contributed by atoms with E-state index in [0.717, 1.165) is 18.8 Å². The zero-order valence-corrected chi connectivity index (χ0v) is 10.4. The van der Waals surface area contributed by atoms with Crippen LogP contribution in [-0.4, -0.2) is 26.9 Å². The summed E-state index contributed by atoms with van der Waals surface area (Å²) in [6, 6.07) is 4.24. The second kappa shape index (κ2) is 6.51. The van der Waals surface area contributed by atoms with Gasteiger partial charge in [-0.15, -0.1) is 0 Å². The van der Waals surface area contributed by atoms with Crippen LogP contribution < -0.4 is 10.5 Å². The van der Waals surface area contributed by atoms with Crippen LogP contribution in [0, 0.1) is 13.8 Å². The molecule has 0 saturated carbocycles. The molecule has 16 heavy (non-hydrogen) atoms. The molecule has 0 aliphatic heterocycles. The number of hydrogen-bond donors (Lipinski definition) is 1. The molecule has 1 rings (SSSR count). The topological polar surface area (TPSA) is 44.5 Å². The molecule has 0 radical (unpaired) electrons. The highest BCUT2D eigenvalue weighted by molar-refractivity contribution is 5.41. The van der Waals surface area contributed by atoms with Crippen LogP contribution >= 0.6 is 0 Å². The van der Waals surface area contributed by atoms with Gasteiger partial charge in [-0.1, -0.05) is 6.07 Å². The smallest absolute Gasteiger partial charge is 0.122 e. The van der Waals surface area contributed by atoms with Crippen molar-refractivity contribution in [3.05, 3.63) is 28.8 Å². The first-order chi connectivity index (χ1) is 7.69. The van der Waals surface area contributed by atoms with Gasteiger partial charge in [0.1, 0.15) is 5.75 Å². The second-order valence-corrected chi connectivity index (χ2v) is 3.90. The molecule has 0 bridgehead atoms. The van der Waals surface area contributed by atoms with Crippen molar-refractivity contribution in [1.29, 1.82) is 0 Å². The molecule has 1 aromatic carbocycles. The summed E-state index contributed by atoms with van der Waals surface area (Å²) >= 11 is 0. The molecule has 1 aromatic rings. The van der Waals surface area contributed by atoms with Crippen molar-refractivity contribution in [2.24, 2.45) is 5.73 Å². The Hall–Kier alpha value is -1.06. The Balaban J connectivity index is 2.63. The zero-order chi connectivity index (χ0) is 12.0. The number of hydrogen-bond acceptors (Lipinski definition) is 3. The summed E-state index contributed by atoms with van der Waals surface area (Å²) in [6.45, 7) is 6.10. The molecule has 90 valence electrons. The number of rotatable bonds is 6. The van der Waals surface area contributed by atoms with Gasteiger partial charge < -0.3 is 15.2 Å². The fraction of sp³-hybridized carbons (Fsp3) is 0.538. The van der Waals surface area contributed by atoms with Crippen LogP contribution in [0.2, 0.25) is 0 Å². The zero-order valence-electron chi connectivity index (χ0n) is 10.4. The van der Waals surface area contributed by atoms with Gasteiger partial charge in [0.05, 0.1) is 20.3 Å². The first kappa shape index (κ1) is 13.0. The van der Waals surface area contributed by atoms with Gasteiger partial charge in [0.25, 0.3) is 0 Å². The number of ether oxygens (including phenoxy) is 2. The highest BCUT2D eigenvalue weighted by Gasteiger charge is 2.04. The van der Waals surface area contributed by atoms with Crippen molar-refractivity contribution >= 4 is 0 Å². The highest BCUT2D eigenvalue weighted by Crippen LogP contribution is 2.22. The normalized spacial score (nSPS) is 10.5. The first-order valence-corrected chi connectivity index (χ1v) is 5.61. The summed E-state index contributed by atoms with van der Waals surface area (Å²) in [5, 5.41) is 0. The number of benzene rings is 1. The molecule has 0 aromatic heterocycles. The maximum Gasteiger partial charge on any atom is 0.122 e. The average Bonchev–Trinajstić information content (AvgIpc) is 2.28. The van der Waals surface area contributed by atoms with Crippen molar-refractivity contribution in [3.63, 3.8) is 0 Å². The second-order valence-electron chi connectivity index (χ2n) is 3.90. The van der Waals surface area contributed by atoms with Crippen LogP contribution in [0.4, 0.5) is 0 Å². The first-order valence-electron chi connectivity index (χ1n) is 5.61. The van der Waals surface area contributed by atoms with E-state index in [1.165, 1.54) is 16.7 Å². The van der Waals surface area contributed by atoms with E-state index in [4.69, 9.17) is 15.2 Å². The molecule has 0 saturated heterocycles. The van der Waals surface area contributed by atoms with Gasteiger partial charge in [0.15, 0.2) is 0 Å². The van der Waals surface area contributed by atoms with E-state index >= 15 is 0 Å². The molecule has 0 heterocycles. The van der Waals surface area contributed by atoms with Crippen LogP contribution in [0.1, 0.15) is 16.7 Å². The summed E-state index contributed by atoms with van der Waals surface area (Å²) in [4.78, 5) is 0. The molecule has 0 atom stereocenters. The summed E-state index contributed by atoms with van der Waals surface area (Å²) < 4.78 is 10.7. The van der Waals surface area contributed by atoms with Crippen molar-refractivity contribution in [2.75, 3.05) is 26.9 Å². The van der Waals surface area contributed by atoms with Gasteiger partial charge in [-0.05, 0) is 43.0 Å². The van der Waals surface area contributed by atoms with E-state index in [2.05, 4.69) is 26.0 Å². The molecular weight excluding hydrogens is 202 g/mol. The van der Waals surface area contributed by atoms with Crippen LogP contribution in [0.5, 0.6) is 5.75 Å². The lowest BCUT2D eigenvalue weighted by Crippen LogP contribution is -2.10. The summed E-state index contributed by atoms with van der Waals surface area (Å²) in [7, 11) is 1.70. The Bertz CT molecular complexity index is 337. The lowest BCUT2D eigenvalue weighted by Gasteiger charge is -2.11. The third-order valence-corrected chi connectivity index (χ3v) is 2.63. The number of aryl methyl sites for hydroxylation is 2. The minimum atomic E-state index is 0.584. The fourth-order valence-corrected chi connectivity index (χ4v) is 1.71. The molecule has 0 aliphatic carbocycles. The molecule has 3 heteroatoms. The summed E-state index contributed by atoms with van der Waals surface area (Å²) in [5.41, 5.74) is 9.09. The van der Waals surface area contributed by atoms with Gasteiger partial charge >= 0.3 is 0 Å². The van der Waals surface area contributed by atoms with Gasteiger partial charge in [-0.2, -0.15) is 0 Å². The molecule has 2 N–H and O–H groups in total. The molecule has 3 nitrogen and oxygen atoms in total. The molecule has 0 fully saturated rings. The SMILES string of the molecule is COc1cc(C)c(CCOCCN)cc1C. The maximum atomic E-state index is 5.38. The maximum absolute atomic E-state index is 5.38. The Morgan fingerprint density at radius 3 is 2.50 bits per heavy atom. The van der Waals surface area contributed by atoms with Gasteiger partial charge in [-0.3, -0.25) is 0 Å². The van der Waals surface area contributed by atoms with Crippen LogP contribution in [0.15, 0.2) is 12.1 Å². The lowest BCUT2D eigenvalue weighted by molar-refractivity contribution is 0.144. The van der Waals surface area contributed by atoms with E-state index in [9.17, 15) is 0 Å². The van der Waals surface area contributed by atoms with Crippen LogP contribution in [-0.2, 0) is 11.2 Å². The number of methoxy groups -OCH3 is 1. The average molecular weight is 223 g/mol.